The Labute approximate surface area is 254 Å². The summed E-state index contributed by atoms with van der Waals surface area (Å²) in [6.45, 7) is 4.66. The lowest BCUT2D eigenvalue weighted by molar-refractivity contribution is -0.139. The SMILES string of the molecule is COc1ccc(CN(C(=O)CN(c2ccc(Cl)c(C(F)(F)F)c2)S(=O)(=O)c2ccccc2)C(C)C(=O)NCC(C)C)cc1. The zero-order valence-corrected chi connectivity index (χ0v) is 25.6. The minimum Gasteiger partial charge on any atom is -0.497 e. The summed E-state index contributed by atoms with van der Waals surface area (Å²) in [6, 6.07) is 15.3. The number of anilines is 1. The maximum absolute atomic E-state index is 13.9. The number of alkyl halides is 3. The quantitative estimate of drug-likeness (QED) is 0.272. The number of carbonyl (C=O) groups is 2. The average molecular weight is 640 g/mol. The molecule has 0 saturated heterocycles. The number of sulfonamides is 1. The summed E-state index contributed by atoms with van der Waals surface area (Å²) in [6.07, 6.45) is -4.89. The third kappa shape index (κ3) is 8.64. The molecule has 0 heterocycles. The molecule has 0 aliphatic heterocycles. The Balaban J connectivity index is 2.08. The summed E-state index contributed by atoms with van der Waals surface area (Å²) < 4.78 is 74.6. The fraction of sp³-hybridized carbons (Fsp3) is 0.333. The number of nitrogens with one attached hydrogen (secondary N) is 1. The number of hydrogen-bond donors (Lipinski definition) is 1. The van der Waals surface area contributed by atoms with Crippen LogP contribution in [0.1, 0.15) is 31.9 Å². The van der Waals surface area contributed by atoms with E-state index in [9.17, 15) is 31.2 Å². The van der Waals surface area contributed by atoms with Crippen molar-refractivity contribution >= 4 is 39.1 Å². The van der Waals surface area contributed by atoms with Crippen molar-refractivity contribution in [3.8, 4) is 5.75 Å². The lowest BCUT2D eigenvalue weighted by Crippen LogP contribution is -2.51. The Morgan fingerprint density at radius 1 is 0.977 bits per heavy atom. The van der Waals surface area contributed by atoms with Crippen LogP contribution in [-0.2, 0) is 32.3 Å². The van der Waals surface area contributed by atoms with Crippen molar-refractivity contribution in [2.24, 2.45) is 5.92 Å². The summed E-state index contributed by atoms with van der Waals surface area (Å²) in [5, 5.41) is 2.14. The van der Waals surface area contributed by atoms with Gasteiger partial charge in [0.15, 0.2) is 0 Å². The number of rotatable bonds is 12. The van der Waals surface area contributed by atoms with E-state index in [0.717, 1.165) is 12.1 Å². The Kier molecular flexibility index (Phi) is 11.1. The Morgan fingerprint density at radius 3 is 2.16 bits per heavy atom. The van der Waals surface area contributed by atoms with E-state index in [4.69, 9.17) is 16.3 Å². The molecule has 0 aliphatic rings. The number of carbonyl (C=O) groups excluding carboxylic acids is 2. The van der Waals surface area contributed by atoms with E-state index < -0.39 is 56.9 Å². The number of nitrogens with zero attached hydrogens (tertiary/aromatic N) is 2. The summed E-state index contributed by atoms with van der Waals surface area (Å²) >= 11 is 5.80. The van der Waals surface area contributed by atoms with Crippen LogP contribution >= 0.6 is 11.6 Å². The normalized spacial score (nSPS) is 12.5. The number of ether oxygens (including phenoxy) is 1. The van der Waals surface area contributed by atoms with Gasteiger partial charge in [-0.2, -0.15) is 13.2 Å². The van der Waals surface area contributed by atoms with Crippen LogP contribution in [0.25, 0.3) is 0 Å². The van der Waals surface area contributed by atoms with E-state index in [1.165, 1.54) is 43.2 Å². The van der Waals surface area contributed by atoms with Crippen molar-refractivity contribution in [2.45, 2.75) is 44.4 Å². The molecule has 0 aromatic heterocycles. The fourth-order valence-corrected chi connectivity index (χ4v) is 5.75. The second kappa shape index (κ2) is 14.1. The first-order chi connectivity index (χ1) is 20.1. The standard InChI is InChI=1S/C30H33ClF3N3O5S/c1-20(2)17-35-29(39)21(3)36(18-22-10-13-24(42-4)14-11-22)28(38)19-37(43(40,41)25-8-6-5-7-9-25)23-12-15-27(31)26(16-23)30(32,33)34/h5-16,20-21H,17-19H2,1-4H3,(H,35,39). The van der Waals surface area contributed by atoms with Crippen molar-refractivity contribution < 1.29 is 35.9 Å². The van der Waals surface area contributed by atoms with Crippen LogP contribution in [0.15, 0.2) is 77.7 Å². The van der Waals surface area contributed by atoms with Crippen LogP contribution in [-0.4, -0.2) is 51.4 Å². The van der Waals surface area contributed by atoms with Gasteiger partial charge in [0.1, 0.15) is 18.3 Å². The molecule has 3 rings (SSSR count). The Bertz CT molecular complexity index is 1520. The molecule has 1 atom stereocenters. The van der Waals surface area contributed by atoms with Gasteiger partial charge in [-0.05, 0) is 60.9 Å². The average Bonchev–Trinajstić information content (AvgIpc) is 2.97. The second-order valence-electron chi connectivity index (χ2n) is 10.2. The molecule has 0 fully saturated rings. The maximum Gasteiger partial charge on any atom is 0.417 e. The highest BCUT2D eigenvalue weighted by Crippen LogP contribution is 2.38. The van der Waals surface area contributed by atoms with Crippen LogP contribution in [0, 0.1) is 5.92 Å². The smallest absolute Gasteiger partial charge is 0.417 e. The topological polar surface area (TPSA) is 96.0 Å². The van der Waals surface area contributed by atoms with Gasteiger partial charge < -0.3 is 15.0 Å². The molecule has 1 N–H and O–H groups in total. The maximum atomic E-state index is 13.9. The first kappa shape index (κ1) is 33.7. The van der Waals surface area contributed by atoms with E-state index >= 15 is 0 Å². The molecule has 2 amide bonds. The zero-order chi connectivity index (χ0) is 31.9. The summed E-state index contributed by atoms with van der Waals surface area (Å²) in [7, 11) is -3.05. The molecule has 232 valence electrons. The molecule has 8 nitrogen and oxygen atoms in total. The van der Waals surface area contributed by atoms with Gasteiger partial charge >= 0.3 is 6.18 Å². The highest BCUT2D eigenvalue weighted by Gasteiger charge is 2.37. The van der Waals surface area contributed by atoms with E-state index in [-0.39, 0.29) is 17.4 Å². The van der Waals surface area contributed by atoms with Gasteiger partial charge in [-0.3, -0.25) is 13.9 Å². The van der Waals surface area contributed by atoms with E-state index in [0.29, 0.717) is 28.2 Å². The fourth-order valence-electron chi connectivity index (χ4n) is 4.10. The summed E-state index contributed by atoms with van der Waals surface area (Å²) in [5.74, 6) is -0.598. The minimum absolute atomic E-state index is 0.0905. The van der Waals surface area contributed by atoms with Gasteiger partial charge in [0, 0.05) is 13.1 Å². The predicted molar refractivity (Wildman–Crippen MR) is 158 cm³/mol. The lowest BCUT2D eigenvalue weighted by Gasteiger charge is -2.32. The van der Waals surface area contributed by atoms with Gasteiger partial charge in [-0.1, -0.05) is 55.8 Å². The van der Waals surface area contributed by atoms with Gasteiger partial charge in [0.05, 0.1) is 28.3 Å². The number of halogens is 4. The number of methoxy groups -OCH3 is 1. The zero-order valence-electron chi connectivity index (χ0n) is 24.1. The Morgan fingerprint density at radius 2 is 1.60 bits per heavy atom. The van der Waals surface area contributed by atoms with Crippen molar-refractivity contribution in [2.75, 3.05) is 24.5 Å². The van der Waals surface area contributed by atoms with Gasteiger partial charge in [-0.15, -0.1) is 0 Å². The largest absolute Gasteiger partial charge is 0.497 e. The van der Waals surface area contributed by atoms with Crippen molar-refractivity contribution in [1.29, 1.82) is 0 Å². The molecule has 0 spiro atoms. The highest BCUT2D eigenvalue weighted by atomic mass is 35.5. The molecule has 3 aromatic rings. The third-order valence-electron chi connectivity index (χ3n) is 6.52. The molecule has 3 aromatic carbocycles. The minimum atomic E-state index is -4.89. The van der Waals surface area contributed by atoms with Crippen LogP contribution in [0.3, 0.4) is 0 Å². The molecule has 0 bridgehead atoms. The third-order valence-corrected chi connectivity index (χ3v) is 8.63. The van der Waals surface area contributed by atoms with E-state index in [2.05, 4.69) is 5.32 Å². The molecule has 0 saturated carbocycles. The van der Waals surface area contributed by atoms with E-state index in [1.54, 1.807) is 30.3 Å². The lowest BCUT2D eigenvalue weighted by atomic mass is 10.1. The Hall–Kier alpha value is -3.77. The van der Waals surface area contributed by atoms with Crippen molar-refractivity contribution in [3.63, 3.8) is 0 Å². The molecule has 0 radical (unpaired) electrons. The molecule has 1 unspecified atom stereocenters. The highest BCUT2D eigenvalue weighted by molar-refractivity contribution is 7.92. The van der Waals surface area contributed by atoms with Gasteiger partial charge in [0.25, 0.3) is 10.0 Å². The number of hydrogen-bond acceptors (Lipinski definition) is 5. The monoisotopic (exact) mass is 639 g/mol. The van der Waals surface area contributed by atoms with Crippen LogP contribution < -0.4 is 14.4 Å². The second-order valence-corrected chi connectivity index (χ2v) is 12.4. The van der Waals surface area contributed by atoms with Crippen molar-refractivity contribution in [1.82, 2.24) is 10.2 Å². The number of benzene rings is 3. The van der Waals surface area contributed by atoms with E-state index in [1.807, 2.05) is 13.8 Å². The molecule has 13 heteroatoms. The van der Waals surface area contributed by atoms with Crippen molar-refractivity contribution in [3.05, 3.63) is 88.9 Å². The molecule has 43 heavy (non-hydrogen) atoms. The molecular formula is C30H33ClF3N3O5S. The molecular weight excluding hydrogens is 607 g/mol. The van der Waals surface area contributed by atoms with Crippen LogP contribution in [0.5, 0.6) is 5.75 Å². The first-order valence-electron chi connectivity index (χ1n) is 13.3. The molecule has 0 aliphatic carbocycles. The number of amides is 2. The van der Waals surface area contributed by atoms with Gasteiger partial charge in [0.2, 0.25) is 11.8 Å². The summed E-state index contributed by atoms with van der Waals surface area (Å²) in [4.78, 5) is 27.9. The van der Waals surface area contributed by atoms with Gasteiger partial charge in [-0.25, -0.2) is 8.42 Å². The first-order valence-corrected chi connectivity index (χ1v) is 15.1. The van der Waals surface area contributed by atoms with Crippen LogP contribution in [0.4, 0.5) is 18.9 Å². The predicted octanol–water partition coefficient (Wildman–Crippen LogP) is 5.75. The van der Waals surface area contributed by atoms with Crippen LogP contribution in [0.2, 0.25) is 5.02 Å². The summed E-state index contributed by atoms with van der Waals surface area (Å²) in [5.41, 5.74) is -1.07.